The van der Waals surface area contributed by atoms with Gasteiger partial charge in [-0.2, -0.15) is 8.78 Å². The van der Waals surface area contributed by atoms with Crippen LogP contribution in [0.4, 0.5) is 13.5 Å². The average Bonchev–Trinajstić information content (AvgIpc) is 3.41. The van der Waals surface area contributed by atoms with E-state index in [1.807, 2.05) is 19.2 Å². The third-order valence-electron chi connectivity index (χ3n) is 7.41. The number of carbonyl (C=O) groups excluding carboxylic acids is 1. The molecule has 4 aliphatic rings. The number of amides is 1. The molecular weight excluding hydrogens is 461 g/mol. The summed E-state index contributed by atoms with van der Waals surface area (Å²) in [7, 11) is 0. The van der Waals surface area contributed by atoms with Crippen molar-refractivity contribution < 1.29 is 29.2 Å². The predicted molar refractivity (Wildman–Crippen MR) is 127 cm³/mol. The lowest BCUT2D eigenvalue weighted by Crippen LogP contribution is -2.53. The van der Waals surface area contributed by atoms with Crippen LogP contribution in [0.15, 0.2) is 46.9 Å². The van der Waals surface area contributed by atoms with Crippen LogP contribution in [0.2, 0.25) is 0 Å². The third-order valence-corrected chi connectivity index (χ3v) is 7.41. The third kappa shape index (κ3) is 4.68. The molecule has 0 bridgehead atoms. The number of nitrogens with one attached hydrogen (secondary N) is 1. The van der Waals surface area contributed by atoms with E-state index in [2.05, 4.69) is 22.1 Å². The number of pyridine rings is 1. The van der Waals surface area contributed by atoms with Crippen molar-refractivity contribution in [3.05, 3.63) is 53.3 Å². The minimum absolute atomic E-state index is 0. The van der Waals surface area contributed by atoms with Gasteiger partial charge in [-0.1, -0.05) is 13.0 Å². The smallest absolute Gasteiger partial charge is 0.287 e. The van der Waals surface area contributed by atoms with Crippen LogP contribution < -0.4 is 5.32 Å². The Labute approximate surface area is 204 Å². The molecule has 4 heterocycles. The van der Waals surface area contributed by atoms with Crippen LogP contribution >= 0.6 is 0 Å². The largest absolute Gasteiger partial charge is 0.491 e. The molecular formula is C25H33F3N4O3. The van der Waals surface area contributed by atoms with Gasteiger partial charge in [-0.3, -0.25) is 14.5 Å². The van der Waals surface area contributed by atoms with E-state index in [1.54, 1.807) is 0 Å². The van der Waals surface area contributed by atoms with Crippen LogP contribution in [-0.4, -0.2) is 53.5 Å². The van der Waals surface area contributed by atoms with Crippen LogP contribution in [0.5, 0.6) is 0 Å². The van der Waals surface area contributed by atoms with Crippen LogP contribution in [0.25, 0.3) is 0 Å². The second-order valence-electron chi connectivity index (χ2n) is 9.57. The zero-order valence-electron chi connectivity index (χ0n) is 20.0. The zero-order valence-corrected chi connectivity index (χ0v) is 20.0. The van der Waals surface area contributed by atoms with Gasteiger partial charge in [-0.05, 0) is 49.7 Å². The summed E-state index contributed by atoms with van der Waals surface area (Å²) < 4.78 is 38.7. The highest BCUT2D eigenvalue weighted by Crippen LogP contribution is 2.47. The molecule has 192 valence electrons. The van der Waals surface area contributed by atoms with E-state index in [1.165, 1.54) is 18.2 Å². The van der Waals surface area contributed by atoms with E-state index in [0.717, 1.165) is 38.8 Å². The number of halogens is 3. The molecule has 1 saturated carbocycles. The number of hydrogen-bond acceptors (Lipinski definition) is 6. The molecule has 0 aromatic carbocycles. The van der Waals surface area contributed by atoms with Crippen LogP contribution in [0, 0.1) is 17.8 Å². The number of hydrogen-bond donors (Lipinski definition) is 1. The van der Waals surface area contributed by atoms with Crippen molar-refractivity contribution >= 4 is 11.7 Å². The van der Waals surface area contributed by atoms with Gasteiger partial charge in [-0.25, -0.2) is 4.98 Å². The second kappa shape index (κ2) is 9.64. The highest BCUT2D eigenvalue weighted by Gasteiger charge is 2.52. The Morgan fingerprint density at radius 2 is 2.23 bits per heavy atom. The van der Waals surface area contributed by atoms with Gasteiger partial charge >= 0.3 is 0 Å². The van der Waals surface area contributed by atoms with Gasteiger partial charge in [0.2, 0.25) is 0 Å². The fraction of sp³-hybridized carbons (Fsp3) is 0.560. The van der Waals surface area contributed by atoms with E-state index in [-0.39, 0.29) is 23.9 Å². The topological polar surface area (TPSA) is 76.1 Å². The van der Waals surface area contributed by atoms with Crippen molar-refractivity contribution in [2.24, 2.45) is 22.7 Å². The molecule has 3 aliphatic heterocycles. The number of carbonyl (C=O) groups is 1. The Bertz CT molecular complexity index is 1070. The molecule has 3 unspecified atom stereocenters. The van der Waals surface area contributed by atoms with Crippen molar-refractivity contribution in [1.82, 2.24) is 15.2 Å². The lowest BCUT2D eigenvalue weighted by Gasteiger charge is -2.46. The van der Waals surface area contributed by atoms with E-state index in [4.69, 9.17) is 14.5 Å². The molecule has 1 N–H and O–H groups in total. The SMILES string of the molecule is CCOC1=CC2=NC3C([C@H](C)[C@H]4CCOC4)CC3N2C=C1NC(=O)c1cccc(C(C)(F)F)n1.F.[HH]. The molecule has 1 aromatic heterocycles. The van der Waals surface area contributed by atoms with E-state index >= 15 is 0 Å². The second-order valence-corrected chi connectivity index (χ2v) is 9.57. The first-order chi connectivity index (χ1) is 16.3. The first-order valence-electron chi connectivity index (χ1n) is 11.9. The first-order valence-corrected chi connectivity index (χ1v) is 11.9. The van der Waals surface area contributed by atoms with Gasteiger partial charge in [0.15, 0.2) is 0 Å². The van der Waals surface area contributed by atoms with Gasteiger partial charge in [0, 0.05) is 33.8 Å². The Balaban J connectivity index is 0.00000180. The highest BCUT2D eigenvalue weighted by molar-refractivity contribution is 5.99. The van der Waals surface area contributed by atoms with E-state index < -0.39 is 17.5 Å². The molecule has 1 aliphatic carbocycles. The normalized spacial score (nSPS) is 27.9. The average molecular weight is 495 g/mol. The van der Waals surface area contributed by atoms with Crippen molar-refractivity contribution in [3.63, 3.8) is 0 Å². The molecule has 0 spiro atoms. The molecule has 5 rings (SSSR count). The summed E-state index contributed by atoms with van der Waals surface area (Å²) in [4.78, 5) is 23.8. The maximum atomic E-state index is 13.7. The summed E-state index contributed by atoms with van der Waals surface area (Å²) in [5.74, 6) is -0.730. The molecule has 5 atom stereocenters. The Kier molecular flexibility index (Phi) is 6.95. The molecule has 35 heavy (non-hydrogen) atoms. The Morgan fingerprint density at radius 3 is 2.91 bits per heavy atom. The van der Waals surface area contributed by atoms with Crippen molar-refractivity contribution in [1.29, 1.82) is 0 Å². The molecule has 10 heteroatoms. The number of aromatic nitrogens is 1. The minimum Gasteiger partial charge on any atom is -0.491 e. The number of amidine groups is 1. The number of rotatable bonds is 7. The summed E-state index contributed by atoms with van der Waals surface area (Å²) in [6, 6.07) is 4.49. The van der Waals surface area contributed by atoms with Crippen molar-refractivity contribution in [2.75, 3.05) is 19.8 Å². The van der Waals surface area contributed by atoms with Crippen LogP contribution in [0.3, 0.4) is 0 Å². The molecule has 1 aromatic rings. The number of ether oxygens (including phenoxy) is 2. The summed E-state index contributed by atoms with van der Waals surface area (Å²) in [6.45, 7) is 7.02. The number of aliphatic imine (C=N–C) groups is 1. The van der Waals surface area contributed by atoms with Gasteiger partial charge in [0.05, 0.1) is 18.7 Å². The monoisotopic (exact) mass is 494 g/mol. The van der Waals surface area contributed by atoms with E-state index in [0.29, 0.717) is 35.8 Å². The lowest BCUT2D eigenvalue weighted by atomic mass is 9.65. The molecule has 1 amide bonds. The van der Waals surface area contributed by atoms with Gasteiger partial charge < -0.3 is 19.7 Å². The minimum atomic E-state index is -3.13. The Morgan fingerprint density at radius 1 is 1.43 bits per heavy atom. The predicted octanol–water partition coefficient (Wildman–Crippen LogP) is 4.24. The van der Waals surface area contributed by atoms with Gasteiger partial charge in [0.1, 0.15) is 28.7 Å². The molecule has 1 saturated heterocycles. The first kappa shape index (κ1) is 25.2. The zero-order chi connectivity index (χ0) is 24.0. The van der Waals surface area contributed by atoms with E-state index in [9.17, 15) is 13.6 Å². The van der Waals surface area contributed by atoms with Gasteiger partial charge in [-0.15, -0.1) is 0 Å². The maximum Gasteiger partial charge on any atom is 0.287 e. The van der Waals surface area contributed by atoms with Gasteiger partial charge in [0.25, 0.3) is 11.8 Å². The fourth-order valence-electron chi connectivity index (χ4n) is 5.37. The lowest BCUT2D eigenvalue weighted by molar-refractivity contribution is 0.0126. The maximum absolute atomic E-state index is 13.7. The van der Waals surface area contributed by atoms with Crippen molar-refractivity contribution in [2.45, 2.75) is 51.6 Å². The summed E-state index contributed by atoms with van der Waals surface area (Å²) >= 11 is 0. The summed E-state index contributed by atoms with van der Waals surface area (Å²) in [5, 5.41) is 2.81. The highest BCUT2D eigenvalue weighted by atomic mass is 19.3. The molecule has 0 radical (unpaired) electrons. The number of fused-ring (bicyclic) bond motifs is 3. The Hall–Kier alpha value is -2.88. The molecule has 7 nitrogen and oxygen atoms in total. The van der Waals surface area contributed by atoms with Crippen LogP contribution in [0.1, 0.15) is 51.2 Å². The molecule has 2 fully saturated rings. The fourth-order valence-corrected chi connectivity index (χ4v) is 5.37. The summed E-state index contributed by atoms with van der Waals surface area (Å²) in [6.07, 6.45) is 5.84. The number of alkyl halides is 2. The summed E-state index contributed by atoms with van der Waals surface area (Å²) in [5.41, 5.74) is -0.0501. The quantitative estimate of drug-likeness (QED) is 0.614. The standard InChI is InChI=1S/C25H30F2N4O3.FH.H2/c1-4-34-20-11-22-30-23-16(14(2)15-8-9-33-13-15)10-19(23)31(22)12-18(20)29-24(32)17-6-5-7-21(28-17)25(3,26)27;;/h5-7,11-12,14-16,19,23H,4,8-10,13H2,1-3H3,(H,29,32);2*1H/t14-,15+,16?,19?,23?;;/m1../s1. The number of nitrogens with zero attached hydrogens (tertiary/aromatic N) is 3. The van der Waals surface area contributed by atoms with Crippen molar-refractivity contribution in [3.8, 4) is 0 Å². The van der Waals surface area contributed by atoms with Crippen LogP contribution in [-0.2, 0) is 15.4 Å².